The molecule has 0 spiro atoms. The van der Waals surface area contributed by atoms with Gasteiger partial charge >= 0.3 is 0 Å². The Morgan fingerprint density at radius 2 is 2.18 bits per heavy atom. The van der Waals surface area contributed by atoms with E-state index in [0.29, 0.717) is 19.0 Å². The van der Waals surface area contributed by atoms with Crippen molar-refractivity contribution in [1.82, 2.24) is 4.98 Å². The molecule has 2 N–H and O–H groups in total. The van der Waals surface area contributed by atoms with Crippen molar-refractivity contribution in [3.63, 3.8) is 0 Å². The van der Waals surface area contributed by atoms with Crippen LogP contribution in [0.4, 0.5) is 0 Å². The van der Waals surface area contributed by atoms with E-state index in [1.165, 1.54) is 0 Å². The second-order valence-corrected chi connectivity index (χ2v) is 3.83. The Morgan fingerprint density at radius 1 is 1.35 bits per heavy atom. The summed E-state index contributed by atoms with van der Waals surface area (Å²) in [5, 5.41) is 0. The molecule has 4 nitrogen and oxygen atoms in total. The van der Waals surface area contributed by atoms with Crippen LogP contribution in [-0.4, -0.2) is 18.1 Å². The molecule has 0 fully saturated rings. The van der Waals surface area contributed by atoms with Gasteiger partial charge in [-0.2, -0.15) is 0 Å². The van der Waals surface area contributed by atoms with Gasteiger partial charge in [0.05, 0.1) is 5.69 Å². The van der Waals surface area contributed by atoms with Crippen LogP contribution in [0.2, 0.25) is 0 Å². The maximum absolute atomic E-state index is 5.57. The predicted octanol–water partition coefficient (Wildman–Crippen LogP) is 2.30. The van der Waals surface area contributed by atoms with Gasteiger partial charge in [-0.25, -0.2) is 4.98 Å². The average Bonchev–Trinajstić information content (AvgIpc) is 2.68. The van der Waals surface area contributed by atoms with Crippen molar-refractivity contribution in [3.05, 3.63) is 35.7 Å². The molecule has 0 aliphatic heterocycles. The summed E-state index contributed by atoms with van der Waals surface area (Å²) in [6, 6.07) is 7.65. The molecule has 0 radical (unpaired) electrons. The van der Waals surface area contributed by atoms with Crippen molar-refractivity contribution < 1.29 is 9.15 Å². The first kappa shape index (κ1) is 11.7. The van der Waals surface area contributed by atoms with E-state index in [4.69, 9.17) is 14.9 Å². The third-order valence-corrected chi connectivity index (χ3v) is 2.50. The zero-order valence-electron chi connectivity index (χ0n) is 10.1. The lowest BCUT2D eigenvalue weighted by molar-refractivity contribution is 0.328. The van der Waals surface area contributed by atoms with E-state index >= 15 is 0 Å². The summed E-state index contributed by atoms with van der Waals surface area (Å²) in [5.74, 6) is 2.24. The average molecular weight is 232 g/mol. The first-order valence-corrected chi connectivity index (χ1v) is 5.58. The van der Waals surface area contributed by atoms with Crippen LogP contribution >= 0.6 is 0 Å². The molecule has 0 aliphatic rings. The van der Waals surface area contributed by atoms with Crippen LogP contribution in [0.5, 0.6) is 5.75 Å². The highest BCUT2D eigenvalue weighted by Crippen LogP contribution is 2.24. The number of aromatic nitrogens is 1. The molecule has 17 heavy (non-hydrogen) atoms. The maximum atomic E-state index is 5.57. The molecule has 2 aromatic rings. The molecule has 0 saturated heterocycles. The van der Waals surface area contributed by atoms with Gasteiger partial charge < -0.3 is 14.9 Å². The molecule has 0 saturated carbocycles. The lowest BCUT2D eigenvalue weighted by atomic mass is 10.2. The summed E-state index contributed by atoms with van der Waals surface area (Å²) in [5.41, 5.74) is 7.22. The molecular formula is C13H16N2O2. The first-order valence-electron chi connectivity index (χ1n) is 5.58. The van der Waals surface area contributed by atoms with Crippen molar-refractivity contribution in [1.29, 1.82) is 0 Å². The second-order valence-electron chi connectivity index (χ2n) is 3.83. The Kier molecular flexibility index (Phi) is 3.44. The Balaban J connectivity index is 2.26. The number of nitrogens with two attached hydrogens (primary N) is 1. The Labute approximate surface area is 100 Å². The topological polar surface area (TPSA) is 61.3 Å². The Morgan fingerprint density at radius 3 is 2.82 bits per heavy atom. The second kappa shape index (κ2) is 5.01. The zero-order valence-corrected chi connectivity index (χ0v) is 10.1. The highest BCUT2D eigenvalue weighted by Gasteiger charge is 2.08. The Hall–Kier alpha value is -1.81. The van der Waals surface area contributed by atoms with Crippen molar-refractivity contribution >= 4 is 0 Å². The third kappa shape index (κ3) is 2.65. The fourth-order valence-electron chi connectivity index (χ4n) is 1.49. The van der Waals surface area contributed by atoms with Crippen LogP contribution in [0.15, 0.2) is 28.7 Å². The molecular weight excluding hydrogens is 216 g/mol. The van der Waals surface area contributed by atoms with Crippen molar-refractivity contribution in [2.75, 3.05) is 13.2 Å². The van der Waals surface area contributed by atoms with Crippen molar-refractivity contribution in [2.24, 2.45) is 5.73 Å². The van der Waals surface area contributed by atoms with Crippen LogP contribution < -0.4 is 10.5 Å². The van der Waals surface area contributed by atoms with Gasteiger partial charge in [-0.05, 0) is 32.0 Å². The molecule has 0 amide bonds. The summed E-state index contributed by atoms with van der Waals surface area (Å²) >= 11 is 0. The Bertz CT molecular complexity index is 486. The molecule has 0 aliphatic carbocycles. The van der Waals surface area contributed by atoms with Crippen LogP contribution in [0.1, 0.15) is 11.5 Å². The molecule has 1 heterocycles. The minimum absolute atomic E-state index is 0.501. The summed E-state index contributed by atoms with van der Waals surface area (Å²) in [6.07, 6.45) is 0. The normalized spacial score (nSPS) is 10.5. The van der Waals surface area contributed by atoms with E-state index in [0.717, 1.165) is 22.8 Å². The molecule has 0 bridgehead atoms. The van der Waals surface area contributed by atoms with Gasteiger partial charge in [-0.1, -0.05) is 6.07 Å². The van der Waals surface area contributed by atoms with Crippen LogP contribution in [-0.2, 0) is 0 Å². The number of hydrogen-bond acceptors (Lipinski definition) is 4. The number of benzene rings is 1. The maximum Gasteiger partial charge on any atom is 0.226 e. The van der Waals surface area contributed by atoms with Gasteiger partial charge in [-0.3, -0.25) is 0 Å². The number of ether oxygens (including phenoxy) is 1. The highest BCUT2D eigenvalue weighted by atomic mass is 16.5. The quantitative estimate of drug-likeness (QED) is 0.878. The van der Waals surface area contributed by atoms with E-state index in [1.807, 2.05) is 38.1 Å². The standard InChI is InChI=1S/C13H16N2O2/c1-9-10(2)17-13(15-9)11-4-3-5-12(8-11)16-7-6-14/h3-5,8H,6-7,14H2,1-2H3. The molecule has 1 aromatic heterocycles. The van der Waals surface area contributed by atoms with Gasteiger partial charge in [-0.15, -0.1) is 0 Å². The van der Waals surface area contributed by atoms with Crippen LogP contribution in [0, 0.1) is 13.8 Å². The summed E-state index contributed by atoms with van der Waals surface area (Å²) in [6.45, 7) is 4.84. The summed E-state index contributed by atoms with van der Waals surface area (Å²) in [7, 11) is 0. The molecule has 4 heteroatoms. The largest absolute Gasteiger partial charge is 0.492 e. The van der Waals surface area contributed by atoms with Gasteiger partial charge in [0.25, 0.3) is 0 Å². The van der Waals surface area contributed by atoms with Gasteiger partial charge in [0.2, 0.25) is 5.89 Å². The smallest absolute Gasteiger partial charge is 0.226 e. The molecule has 0 atom stereocenters. The number of nitrogens with zero attached hydrogens (tertiary/aromatic N) is 1. The highest BCUT2D eigenvalue weighted by molar-refractivity contribution is 5.56. The van der Waals surface area contributed by atoms with Gasteiger partial charge in [0.15, 0.2) is 0 Å². The number of hydrogen-bond donors (Lipinski definition) is 1. The number of rotatable bonds is 4. The lowest BCUT2D eigenvalue weighted by Gasteiger charge is -2.04. The monoisotopic (exact) mass is 232 g/mol. The SMILES string of the molecule is Cc1nc(-c2cccc(OCCN)c2)oc1C. The van der Waals surface area contributed by atoms with E-state index in [2.05, 4.69) is 4.98 Å². The molecule has 2 rings (SSSR count). The minimum Gasteiger partial charge on any atom is -0.492 e. The predicted molar refractivity (Wildman–Crippen MR) is 66.0 cm³/mol. The number of oxazole rings is 1. The van der Waals surface area contributed by atoms with E-state index in [1.54, 1.807) is 0 Å². The van der Waals surface area contributed by atoms with Crippen molar-refractivity contribution in [3.8, 4) is 17.2 Å². The summed E-state index contributed by atoms with van der Waals surface area (Å²) in [4.78, 5) is 4.35. The molecule has 90 valence electrons. The van der Waals surface area contributed by atoms with E-state index in [9.17, 15) is 0 Å². The summed E-state index contributed by atoms with van der Waals surface area (Å²) < 4.78 is 11.0. The fraction of sp³-hybridized carbons (Fsp3) is 0.308. The lowest BCUT2D eigenvalue weighted by Crippen LogP contribution is -2.10. The molecule has 1 aromatic carbocycles. The first-order chi connectivity index (χ1) is 8.20. The minimum atomic E-state index is 0.501. The number of aryl methyl sites for hydroxylation is 2. The molecule has 0 unspecified atom stereocenters. The van der Waals surface area contributed by atoms with Gasteiger partial charge in [0, 0.05) is 12.1 Å². The van der Waals surface area contributed by atoms with Crippen LogP contribution in [0.3, 0.4) is 0 Å². The fourth-order valence-corrected chi connectivity index (χ4v) is 1.49. The van der Waals surface area contributed by atoms with Gasteiger partial charge in [0.1, 0.15) is 18.1 Å². The zero-order chi connectivity index (χ0) is 12.3. The van der Waals surface area contributed by atoms with Crippen molar-refractivity contribution in [2.45, 2.75) is 13.8 Å². The third-order valence-electron chi connectivity index (χ3n) is 2.50. The van der Waals surface area contributed by atoms with E-state index in [-0.39, 0.29) is 0 Å². The van der Waals surface area contributed by atoms with E-state index < -0.39 is 0 Å². The van der Waals surface area contributed by atoms with Crippen LogP contribution in [0.25, 0.3) is 11.5 Å².